The average Bonchev–Trinajstić information content (AvgIpc) is 2.80. The number of halogens is 1. The van der Waals surface area contributed by atoms with Crippen molar-refractivity contribution in [2.45, 2.75) is 25.7 Å². The number of methoxy groups -OCH3 is 1. The van der Waals surface area contributed by atoms with Crippen molar-refractivity contribution in [3.05, 3.63) is 28.2 Å². The van der Waals surface area contributed by atoms with Crippen LogP contribution in [-0.2, 0) is 11.2 Å². The summed E-state index contributed by atoms with van der Waals surface area (Å²) in [6, 6.07) is 5.84. The molecule has 0 saturated heterocycles. The molecular weight excluding hydrogens is 296 g/mol. The van der Waals surface area contributed by atoms with Crippen LogP contribution in [0.25, 0.3) is 0 Å². The van der Waals surface area contributed by atoms with E-state index < -0.39 is 5.97 Å². The Morgan fingerprint density at radius 3 is 2.94 bits per heavy atom. The molecule has 0 amide bonds. The smallest absolute Gasteiger partial charge is 0.306 e. The molecule has 1 N–H and O–H groups in total. The first-order valence-electron chi connectivity index (χ1n) is 6.17. The molecule has 0 heterocycles. The van der Waals surface area contributed by atoms with E-state index in [1.165, 1.54) is 0 Å². The van der Waals surface area contributed by atoms with Gasteiger partial charge in [0.15, 0.2) is 0 Å². The minimum absolute atomic E-state index is 0.192. The summed E-state index contributed by atoms with van der Waals surface area (Å²) in [7, 11) is 1.64. The summed E-state index contributed by atoms with van der Waals surface area (Å²) < 4.78 is 6.24. The summed E-state index contributed by atoms with van der Waals surface area (Å²) in [6.07, 6.45) is 3.63. The maximum Gasteiger partial charge on any atom is 0.306 e. The van der Waals surface area contributed by atoms with Gasteiger partial charge in [-0.15, -0.1) is 0 Å². The van der Waals surface area contributed by atoms with Crippen molar-refractivity contribution >= 4 is 21.9 Å². The van der Waals surface area contributed by atoms with Crippen LogP contribution >= 0.6 is 15.9 Å². The van der Waals surface area contributed by atoms with Gasteiger partial charge in [-0.3, -0.25) is 4.79 Å². The molecule has 1 saturated carbocycles. The highest BCUT2D eigenvalue weighted by atomic mass is 79.9. The molecule has 1 fully saturated rings. The van der Waals surface area contributed by atoms with E-state index in [-0.39, 0.29) is 11.8 Å². The number of aliphatic carboxylic acids is 1. The number of carboxylic acid groups (broad SMARTS) is 1. The lowest BCUT2D eigenvalue weighted by molar-refractivity contribution is -0.142. The summed E-state index contributed by atoms with van der Waals surface area (Å²) in [5.41, 5.74) is 1.13. The number of carbonyl (C=O) groups is 1. The van der Waals surface area contributed by atoms with Gasteiger partial charge in [0.1, 0.15) is 5.75 Å². The molecule has 2 atom stereocenters. The summed E-state index contributed by atoms with van der Waals surface area (Å²) in [4.78, 5) is 11.2. The molecule has 0 aliphatic heterocycles. The van der Waals surface area contributed by atoms with Crippen molar-refractivity contribution in [2.75, 3.05) is 7.11 Å². The zero-order valence-corrected chi connectivity index (χ0v) is 11.9. The van der Waals surface area contributed by atoms with E-state index in [0.29, 0.717) is 0 Å². The molecule has 0 radical (unpaired) electrons. The molecule has 4 heteroatoms. The van der Waals surface area contributed by atoms with Crippen molar-refractivity contribution in [3.63, 3.8) is 0 Å². The van der Waals surface area contributed by atoms with Crippen LogP contribution in [0.15, 0.2) is 22.7 Å². The fraction of sp³-hybridized carbons (Fsp3) is 0.500. The fourth-order valence-electron chi connectivity index (χ4n) is 2.72. The van der Waals surface area contributed by atoms with Crippen molar-refractivity contribution < 1.29 is 14.6 Å². The molecule has 0 bridgehead atoms. The number of ether oxygens (including phenoxy) is 1. The first-order valence-corrected chi connectivity index (χ1v) is 6.96. The van der Waals surface area contributed by atoms with Gasteiger partial charge in [-0.05, 0) is 48.9 Å². The molecule has 98 valence electrons. The highest BCUT2D eigenvalue weighted by Crippen LogP contribution is 2.36. The summed E-state index contributed by atoms with van der Waals surface area (Å²) in [6.45, 7) is 0. The van der Waals surface area contributed by atoms with E-state index in [0.717, 1.165) is 41.5 Å². The lowest BCUT2D eigenvalue weighted by atomic mass is 9.90. The van der Waals surface area contributed by atoms with E-state index in [9.17, 15) is 9.90 Å². The number of hydrogen-bond acceptors (Lipinski definition) is 2. The van der Waals surface area contributed by atoms with Gasteiger partial charge in [0.05, 0.1) is 13.0 Å². The van der Waals surface area contributed by atoms with Crippen LogP contribution in [0.5, 0.6) is 5.75 Å². The first kappa shape index (κ1) is 13.4. The molecule has 1 aliphatic rings. The standard InChI is InChI=1S/C14H17BrO3/c1-18-11-5-6-13(15)10(8-11)7-9-3-2-4-12(9)14(16)17/h5-6,8-9,12H,2-4,7H2,1H3,(H,16,17). The SMILES string of the molecule is COc1ccc(Br)c(CC2CCCC2C(=O)O)c1. The molecule has 1 aromatic rings. The van der Waals surface area contributed by atoms with Crippen LogP contribution in [0, 0.1) is 11.8 Å². The minimum Gasteiger partial charge on any atom is -0.497 e. The lowest BCUT2D eigenvalue weighted by Crippen LogP contribution is -2.20. The third-order valence-electron chi connectivity index (χ3n) is 3.71. The van der Waals surface area contributed by atoms with Crippen LogP contribution in [-0.4, -0.2) is 18.2 Å². The Hall–Kier alpha value is -1.03. The summed E-state index contributed by atoms with van der Waals surface area (Å²) in [5, 5.41) is 9.20. The summed E-state index contributed by atoms with van der Waals surface area (Å²) in [5.74, 6) is 0.212. The van der Waals surface area contributed by atoms with Crippen LogP contribution in [0.2, 0.25) is 0 Å². The normalized spacial score (nSPS) is 23.0. The van der Waals surface area contributed by atoms with Gasteiger partial charge in [-0.2, -0.15) is 0 Å². The quantitative estimate of drug-likeness (QED) is 0.925. The monoisotopic (exact) mass is 312 g/mol. The zero-order chi connectivity index (χ0) is 13.1. The largest absolute Gasteiger partial charge is 0.497 e. The predicted octanol–water partition coefficient (Wildman–Crippen LogP) is 3.50. The third kappa shape index (κ3) is 2.86. The van der Waals surface area contributed by atoms with Gasteiger partial charge in [0, 0.05) is 4.47 Å². The van der Waals surface area contributed by atoms with Gasteiger partial charge in [0.2, 0.25) is 0 Å². The van der Waals surface area contributed by atoms with E-state index >= 15 is 0 Å². The first-order chi connectivity index (χ1) is 8.61. The highest BCUT2D eigenvalue weighted by Gasteiger charge is 2.33. The second kappa shape index (κ2) is 5.74. The van der Waals surface area contributed by atoms with Gasteiger partial charge in [-0.25, -0.2) is 0 Å². The fourth-order valence-corrected chi connectivity index (χ4v) is 3.13. The number of carboxylic acids is 1. The number of benzene rings is 1. The Morgan fingerprint density at radius 2 is 2.28 bits per heavy atom. The van der Waals surface area contributed by atoms with Gasteiger partial charge >= 0.3 is 5.97 Å². The minimum atomic E-state index is -0.656. The third-order valence-corrected chi connectivity index (χ3v) is 4.48. The number of hydrogen-bond donors (Lipinski definition) is 1. The Kier molecular flexibility index (Phi) is 4.27. The molecule has 0 aromatic heterocycles. The van der Waals surface area contributed by atoms with Crippen molar-refractivity contribution in [3.8, 4) is 5.75 Å². The molecule has 0 spiro atoms. The highest BCUT2D eigenvalue weighted by molar-refractivity contribution is 9.10. The van der Waals surface area contributed by atoms with Crippen LogP contribution in [0.1, 0.15) is 24.8 Å². The van der Waals surface area contributed by atoms with Gasteiger partial charge in [0.25, 0.3) is 0 Å². The molecule has 2 unspecified atom stereocenters. The van der Waals surface area contributed by atoms with Gasteiger partial charge in [-0.1, -0.05) is 22.4 Å². The zero-order valence-electron chi connectivity index (χ0n) is 10.4. The molecule has 2 rings (SSSR count). The Balaban J connectivity index is 2.15. The maximum atomic E-state index is 11.2. The molecule has 1 aliphatic carbocycles. The molecular formula is C14H17BrO3. The second-order valence-corrected chi connectivity index (χ2v) is 5.65. The average molecular weight is 313 g/mol. The van der Waals surface area contributed by atoms with E-state index in [2.05, 4.69) is 15.9 Å². The van der Waals surface area contributed by atoms with E-state index in [1.807, 2.05) is 18.2 Å². The van der Waals surface area contributed by atoms with Crippen LogP contribution < -0.4 is 4.74 Å². The predicted molar refractivity (Wildman–Crippen MR) is 72.9 cm³/mol. The van der Waals surface area contributed by atoms with Crippen molar-refractivity contribution in [1.82, 2.24) is 0 Å². The van der Waals surface area contributed by atoms with Gasteiger partial charge < -0.3 is 9.84 Å². The molecule has 18 heavy (non-hydrogen) atoms. The maximum absolute atomic E-state index is 11.2. The Bertz CT molecular complexity index is 445. The van der Waals surface area contributed by atoms with E-state index in [1.54, 1.807) is 7.11 Å². The lowest BCUT2D eigenvalue weighted by Gasteiger charge is -2.17. The molecule has 1 aromatic carbocycles. The Labute approximate surface area is 115 Å². The van der Waals surface area contributed by atoms with Crippen molar-refractivity contribution in [2.24, 2.45) is 11.8 Å². The topological polar surface area (TPSA) is 46.5 Å². The van der Waals surface area contributed by atoms with E-state index in [4.69, 9.17) is 4.74 Å². The summed E-state index contributed by atoms with van der Waals surface area (Å²) >= 11 is 3.52. The second-order valence-electron chi connectivity index (χ2n) is 4.80. The Morgan fingerprint density at radius 1 is 1.50 bits per heavy atom. The number of rotatable bonds is 4. The van der Waals surface area contributed by atoms with Crippen LogP contribution in [0.4, 0.5) is 0 Å². The van der Waals surface area contributed by atoms with Crippen LogP contribution in [0.3, 0.4) is 0 Å². The molecule has 3 nitrogen and oxygen atoms in total. The van der Waals surface area contributed by atoms with Crippen molar-refractivity contribution in [1.29, 1.82) is 0 Å².